The highest BCUT2D eigenvalue weighted by atomic mass is 19.4. The van der Waals surface area contributed by atoms with Crippen LogP contribution < -0.4 is 4.74 Å². The van der Waals surface area contributed by atoms with Gasteiger partial charge in [0.25, 0.3) is 12.6 Å². The zero-order chi connectivity index (χ0) is 67.6. The smallest absolute Gasteiger partial charge is 0.491 e. The normalized spacial score (nSPS) is 21.5. The van der Waals surface area contributed by atoms with E-state index in [1.54, 1.807) is 26.8 Å². The van der Waals surface area contributed by atoms with Crippen LogP contribution in [0.4, 0.5) is 22.8 Å². The zero-order valence-corrected chi connectivity index (χ0v) is 53.0. The number of hydrogen-bond acceptors (Lipinski definition) is 17. The molecule has 4 rings (SSSR count). The third kappa shape index (κ3) is 28.3. The van der Waals surface area contributed by atoms with E-state index in [0.29, 0.717) is 83.5 Å². The molecule has 3 unspecified atom stereocenters. The average molecular weight is 1290 g/mol. The number of rotatable bonds is 39. The van der Waals surface area contributed by atoms with Gasteiger partial charge in [0, 0.05) is 74.5 Å². The molecule has 0 bridgehead atoms. The molecule has 13 atom stereocenters. The summed E-state index contributed by atoms with van der Waals surface area (Å²) >= 11 is 0. The Morgan fingerprint density at radius 1 is 0.630 bits per heavy atom. The molecule has 2 fully saturated rings. The number of carbonyl (C=O) groups is 4. The first-order valence-electron chi connectivity index (χ1n) is 31.7. The number of aliphatic hydroxyl groups excluding tert-OH is 6. The number of carbonyl (C=O) groups excluding carboxylic acids is 4. The van der Waals surface area contributed by atoms with Crippen LogP contribution in [0, 0.1) is 96.7 Å². The Balaban J connectivity index is 1.27. The Bertz CT molecular complexity index is 2810. The van der Waals surface area contributed by atoms with Crippen molar-refractivity contribution in [2.24, 2.45) is 47.3 Å². The second-order valence-electron chi connectivity index (χ2n) is 24.2. The van der Waals surface area contributed by atoms with Gasteiger partial charge in [0.1, 0.15) is 18.5 Å². The molecule has 20 heteroatoms. The summed E-state index contributed by atoms with van der Waals surface area (Å²) in [5, 5.41) is 65.3. The Hall–Kier alpha value is -7.27. The Labute approximate surface area is 540 Å². The monoisotopic (exact) mass is 1290 g/mol. The van der Waals surface area contributed by atoms with E-state index in [9.17, 15) is 63.0 Å². The molecule has 0 aliphatic heterocycles. The van der Waals surface area contributed by atoms with Gasteiger partial charge < -0.3 is 63.8 Å². The predicted octanol–water partition coefficient (Wildman–Crippen LogP) is 10.9. The highest BCUT2D eigenvalue weighted by Crippen LogP contribution is 2.40. The molecule has 6 N–H and O–H groups in total. The molecule has 0 aromatic heterocycles. The van der Waals surface area contributed by atoms with Crippen LogP contribution in [0.5, 0.6) is 5.75 Å². The lowest BCUT2D eigenvalue weighted by molar-refractivity contribution is -0.181. The maximum Gasteiger partial charge on any atom is 0.511 e. The van der Waals surface area contributed by atoms with E-state index in [1.165, 1.54) is 18.2 Å². The van der Waals surface area contributed by atoms with E-state index < -0.39 is 103 Å². The number of halogens is 3. The minimum atomic E-state index is -4.56. The van der Waals surface area contributed by atoms with Gasteiger partial charge in [0.15, 0.2) is 0 Å². The molecule has 0 heterocycles. The van der Waals surface area contributed by atoms with Crippen molar-refractivity contribution < 1.29 is 96.1 Å². The number of benzene rings is 2. The molecule has 504 valence electrons. The fourth-order valence-electron chi connectivity index (χ4n) is 11.2. The van der Waals surface area contributed by atoms with E-state index in [0.717, 1.165) is 23.3 Å². The van der Waals surface area contributed by atoms with Crippen molar-refractivity contribution in [2.45, 2.75) is 198 Å². The molecular weight excluding hydrogens is 1190 g/mol. The fourth-order valence-corrected chi connectivity index (χ4v) is 11.2. The molecule has 2 aliphatic carbocycles. The SMILES string of the molecule is C#CCC(CC#C)COC(=O)OC(OC(=O)CCC/C=C\C[C@@H]1[C@@H](CC[C@@H](O)CCc2ccccc2CC(C)C(OC(=O)CCC/C=C\C[C@@H]2[C@@H](/C=C/[C@@H](O)COc3cccc(C(F)(F)F)c3)[C@H](O)C[C@@H]2O)OC(=O)OCC(CC#C)CC#C)[C@H](O)C[C@@H]1O)C(C)C. The summed E-state index contributed by atoms with van der Waals surface area (Å²) in [5.41, 5.74) is 0.885. The number of unbranched alkanes of at least 4 members (excludes halogenated alkanes) is 2. The predicted molar refractivity (Wildman–Crippen MR) is 338 cm³/mol. The molecule has 0 spiro atoms. The van der Waals surface area contributed by atoms with Crippen molar-refractivity contribution in [1.82, 2.24) is 0 Å². The van der Waals surface area contributed by atoms with Crippen LogP contribution in [0.2, 0.25) is 0 Å². The van der Waals surface area contributed by atoms with E-state index in [4.69, 9.17) is 58.9 Å². The average Bonchev–Trinajstić information content (AvgIpc) is 1.70. The standard InChI is InChI=1S/C72H93F3O17/c1-8-23-50(24-9-2)45-87-70(84)91-68(48(5)6)89-66(82)33-18-14-12-16-31-58-60(64(80)43-62(58)78)39-37-55(76)36-35-52-27-20-21-28-53(52)41-49(7)69(92-71(85)88-46-51(25-10-3)26-11-4)90-67(83)34-19-15-13-17-32-59-61(65(81)44-63(59)79)40-38-56(77)47-86-57-30-22-29-54(42-57)72(73,74)75/h1-4,12-13,16-17,20-22,27-30,38,40,42,48-51,55-56,58-65,68-69,76-81H,14-15,18-19,23-26,31-37,39,41,43-47H2,5-7H3/b16-12-,17-13-,40-38+/t49?,55-,56+,58+,59+,60+,61+,62-,63-,64+,65+,68?,69?/m0/s1. The summed E-state index contributed by atoms with van der Waals surface area (Å²) in [5.74, 6) is 5.80. The number of allylic oxidation sites excluding steroid dienone is 4. The van der Waals surface area contributed by atoms with Gasteiger partial charge in [-0.05, 0) is 124 Å². The van der Waals surface area contributed by atoms with E-state index >= 15 is 0 Å². The Morgan fingerprint density at radius 2 is 1.15 bits per heavy atom. The fraction of sp³-hybridized carbons (Fsp3) is 0.583. The van der Waals surface area contributed by atoms with Gasteiger partial charge in [0.2, 0.25) is 0 Å². The first kappa shape index (κ1) is 77.2. The van der Waals surface area contributed by atoms with Gasteiger partial charge in [-0.2, -0.15) is 13.2 Å². The molecule has 2 aromatic rings. The van der Waals surface area contributed by atoms with Gasteiger partial charge in [-0.15, -0.1) is 49.4 Å². The number of terminal acetylenes is 4. The van der Waals surface area contributed by atoms with Crippen LogP contribution >= 0.6 is 0 Å². The van der Waals surface area contributed by atoms with E-state index in [-0.39, 0.29) is 93.7 Å². The lowest BCUT2D eigenvalue weighted by Crippen LogP contribution is -2.32. The topological polar surface area (TPSA) is 254 Å². The second kappa shape index (κ2) is 41.3. The van der Waals surface area contributed by atoms with Crippen molar-refractivity contribution in [2.75, 3.05) is 19.8 Å². The van der Waals surface area contributed by atoms with Crippen molar-refractivity contribution in [1.29, 1.82) is 0 Å². The summed E-state index contributed by atoms with van der Waals surface area (Å²) in [6.45, 7) is 4.73. The lowest BCUT2D eigenvalue weighted by Gasteiger charge is -2.25. The quantitative estimate of drug-likeness (QED) is 0.00908. The lowest BCUT2D eigenvalue weighted by atomic mass is 9.85. The molecule has 2 aliphatic rings. The van der Waals surface area contributed by atoms with Crippen LogP contribution in [-0.2, 0) is 57.0 Å². The van der Waals surface area contributed by atoms with Crippen LogP contribution in [0.3, 0.4) is 0 Å². The van der Waals surface area contributed by atoms with E-state index in [2.05, 4.69) is 23.7 Å². The largest absolute Gasteiger partial charge is 0.511 e. The third-order valence-electron chi connectivity index (χ3n) is 16.4. The number of esters is 2. The minimum Gasteiger partial charge on any atom is -0.491 e. The number of aliphatic hydroxyl groups is 6. The highest BCUT2D eigenvalue weighted by Gasteiger charge is 2.42. The molecule has 92 heavy (non-hydrogen) atoms. The second-order valence-corrected chi connectivity index (χ2v) is 24.2. The number of alkyl halides is 3. The van der Waals surface area contributed by atoms with Crippen LogP contribution in [-0.4, -0.2) is 124 Å². The highest BCUT2D eigenvalue weighted by molar-refractivity contribution is 5.70. The summed E-state index contributed by atoms with van der Waals surface area (Å²) in [6.07, 6.45) is 23.8. The minimum absolute atomic E-state index is 0.0313. The van der Waals surface area contributed by atoms with Crippen molar-refractivity contribution in [3.63, 3.8) is 0 Å². The van der Waals surface area contributed by atoms with Crippen molar-refractivity contribution >= 4 is 24.2 Å². The Kier molecular flexibility index (Phi) is 34.7. The first-order chi connectivity index (χ1) is 44.0. The summed E-state index contributed by atoms with van der Waals surface area (Å²) < 4.78 is 77.5. The van der Waals surface area contributed by atoms with Gasteiger partial charge >= 0.3 is 30.4 Å². The van der Waals surface area contributed by atoms with Crippen molar-refractivity contribution in [3.8, 4) is 55.1 Å². The zero-order valence-electron chi connectivity index (χ0n) is 53.0. The van der Waals surface area contributed by atoms with Gasteiger partial charge in [0.05, 0.1) is 49.3 Å². The van der Waals surface area contributed by atoms with Crippen molar-refractivity contribution in [3.05, 3.63) is 102 Å². The maximum absolute atomic E-state index is 13.4. The molecule has 0 amide bonds. The molecule has 2 saturated carbocycles. The number of aryl methyl sites for hydroxylation is 1. The first-order valence-corrected chi connectivity index (χ1v) is 31.7. The molecular formula is C72H93F3O17. The van der Waals surface area contributed by atoms with Crippen LogP contribution in [0.15, 0.2) is 85.0 Å². The third-order valence-corrected chi connectivity index (χ3v) is 16.4. The molecule has 17 nitrogen and oxygen atoms in total. The molecule has 0 saturated heterocycles. The van der Waals surface area contributed by atoms with Gasteiger partial charge in [-0.25, -0.2) is 9.59 Å². The van der Waals surface area contributed by atoms with Gasteiger partial charge in [-0.3, -0.25) is 9.59 Å². The van der Waals surface area contributed by atoms with Crippen LogP contribution in [0.1, 0.15) is 147 Å². The summed E-state index contributed by atoms with van der Waals surface area (Å²) in [6, 6.07) is 11.8. The maximum atomic E-state index is 13.4. The van der Waals surface area contributed by atoms with Gasteiger partial charge in [-0.1, -0.05) is 87.6 Å². The van der Waals surface area contributed by atoms with E-state index in [1.807, 2.05) is 48.6 Å². The summed E-state index contributed by atoms with van der Waals surface area (Å²) in [4.78, 5) is 51.6. The van der Waals surface area contributed by atoms with Crippen LogP contribution in [0.25, 0.3) is 0 Å². The summed E-state index contributed by atoms with van der Waals surface area (Å²) in [7, 11) is 0. The number of ether oxygens (including phenoxy) is 7. The number of hydrogen-bond donors (Lipinski definition) is 6. The molecule has 0 radical (unpaired) electrons. The molecule has 2 aromatic carbocycles. The Morgan fingerprint density at radius 3 is 1.72 bits per heavy atom.